The van der Waals surface area contributed by atoms with Crippen molar-refractivity contribution in [3.63, 3.8) is 0 Å². The number of carbonyl (C=O) groups is 1. The monoisotopic (exact) mass is 240 g/mol. The first kappa shape index (κ1) is 11.6. The van der Waals surface area contributed by atoms with Crippen molar-refractivity contribution in [2.45, 2.75) is 25.3 Å². The Morgan fingerprint density at radius 3 is 2.88 bits per heavy atom. The topological polar surface area (TPSA) is 59.8 Å². The second-order valence-electron chi connectivity index (χ2n) is 4.09. The molecular formula is C10H16N4OS. The Labute approximate surface area is 99.0 Å². The normalized spacial score (nSPS) is 19.6. The van der Waals surface area contributed by atoms with Gasteiger partial charge in [0.25, 0.3) is 0 Å². The molecule has 0 aliphatic carbocycles. The molecule has 16 heavy (non-hydrogen) atoms. The van der Waals surface area contributed by atoms with E-state index in [4.69, 9.17) is 0 Å². The molecule has 1 fully saturated rings. The number of rotatable bonds is 3. The van der Waals surface area contributed by atoms with E-state index in [-0.39, 0.29) is 10.7 Å². The third kappa shape index (κ3) is 2.44. The molecule has 88 valence electrons. The maximum Gasteiger partial charge on any atom is 0.185 e. The van der Waals surface area contributed by atoms with Gasteiger partial charge in [-0.15, -0.1) is 0 Å². The Morgan fingerprint density at radius 1 is 1.56 bits per heavy atom. The Balaban J connectivity index is 2.15. The molecule has 1 aromatic heterocycles. The van der Waals surface area contributed by atoms with Crippen molar-refractivity contribution in [2.24, 2.45) is 0 Å². The Kier molecular flexibility index (Phi) is 3.60. The Bertz CT molecular complexity index is 346. The molecule has 0 unspecified atom stereocenters. The lowest BCUT2D eigenvalue weighted by atomic mass is 9.91. The van der Waals surface area contributed by atoms with E-state index >= 15 is 0 Å². The maximum atomic E-state index is 11.1. The van der Waals surface area contributed by atoms with Crippen LogP contribution in [0.15, 0.2) is 12.7 Å². The van der Waals surface area contributed by atoms with Crippen molar-refractivity contribution < 1.29 is 4.79 Å². The lowest BCUT2D eigenvalue weighted by molar-refractivity contribution is -0.109. The van der Waals surface area contributed by atoms with E-state index in [0.717, 1.165) is 31.7 Å². The molecular weight excluding hydrogens is 224 g/mol. The number of aromatic nitrogens is 3. The minimum atomic E-state index is -0.0436. The summed E-state index contributed by atoms with van der Waals surface area (Å²) in [6, 6.07) is 0. The van der Waals surface area contributed by atoms with Gasteiger partial charge < -0.3 is 5.32 Å². The minimum absolute atomic E-state index is 0.0436. The summed E-state index contributed by atoms with van der Waals surface area (Å²) in [6.07, 6.45) is 5.31. The van der Waals surface area contributed by atoms with Crippen molar-refractivity contribution in [1.29, 1.82) is 0 Å². The van der Waals surface area contributed by atoms with Gasteiger partial charge in [-0.3, -0.25) is 4.79 Å². The highest BCUT2D eigenvalue weighted by molar-refractivity contribution is 8.13. The lowest BCUT2D eigenvalue weighted by Crippen LogP contribution is -2.46. The van der Waals surface area contributed by atoms with Crippen molar-refractivity contribution in [1.82, 2.24) is 20.1 Å². The highest BCUT2D eigenvalue weighted by Gasteiger charge is 2.35. The molecule has 2 rings (SSSR count). The van der Waals surface area contributed by atoms with Crippen LogP contribution >= 0.6 is 11.8 Å². The van der Waals surface area contributed by atoms with Crippen LogP contribution in [-0.4, -0.2) is 38.7 Å². The van der Waals surface area contributed by atoms with Gasteiger partial charge in [-0.05, 0) is 25.9 Å². The summed E-state index contributed by atoms with van der Waals surface area (Å²) < 4.78 is 1.92. The molecule has 0 saturated carbocycles. The van der Waals surface area contributed by atoms with Crippen LogP contribution in [0.2, 0.25) is 0 Å². The van der Waals surface area contributed by atoms with Crippen LogP contribution in [0.1, 0.15) is 19.8 Å². The maximum absolute atomic E-state index is 11.1. The molecule has 1 aliphatic rings. The molecule has 1 aliphatic heterocycles. The van der Waals surface area contributed by atoms with Crippen LogP contribution in [0.5, 0.6) is 0 Å². The molecule has 0 atom stereocenters. The largest absolute Gasteiger partial charge is 0.317 e. The summed E-state index contributed by atoms with van der Waals surface area (Å²) in [4.78, 5) is 15.1. The predicted molar refractivity (Wildman–Crippen MR) is 63.2 cm³/mol. The fraction of sp³-hybridized carbons (Fsp3) is 0.700. The fourth-order valence-corrected chi connectivity index (χ4v) is 2.91. The summed E-state index contributed by atoms with van der Waals surface area (Å²) in [5, 5.41) is 7.74. The third-order valence-electron chi connectivity index (χ3n) is 2.98. The van der Waals surface area contributed by atoms with E-state index in [1.807, 2.05) is 4.68 Å². The number of hydrogen-bond acceptors (Lipinski definition) is 5. The van der Waals surface area contributed by atoms with Crippen molar-refractivity contribution in [3.8, 4) is 0 Å². The molecule has 0 bridgehead atoms. The zero-order chi connectivity index (χ0) is 11.4. The van der Waals surface area contributed by atoms with E-state index in [0.29, 0.717) is 0 Å². The number of nitrogens with one attached hydrogen (secondary N) is 1. The molecule has 1 N–H and O–H groups in total. The highest BCUT2D eigenvalue weighted by atomic mass is 32.2. The van der Waals surface area contributed by atoms with Crippen LogP contribution in [0, 0.1) is 0 Å². The summed E-state index contributed by atoms with van der Waals surface area (Å²) in [5.74, 6) is 0.785. The average Bonchev–Trinajstić information content (AvgIpc) is 2.82. The number of thioether (sulfide) groups is 1. The molecule has 6 heteroatoms. The first-order valence-corrected chi connectivity index (χ1v) is 6.41. The van der Waals surface area contributed by atoms with Gasteiger partial charge in [-0.2, -0.15) is 5.10 Å². The number of hydrogen-bond donors (Lipinski definition) is 1. The zero-order valence-corrected chi connectivity index (χ0v) is 10.2. The lowest BCUT2D eigenvalue weighted by Gasteiger charge is -2.37. The molecule has 2 heterocycles. The number of carbonyl (C=O) groups excluding carboxylic acids is 1. The Morgan fingerprint density at radius 2 is 2.31 bits per heavy atom. The van der Waals surface area contributed by atoms with Crippen LogP contribution in [-0.2, 0) is 10.3 Å². The van der Waals surface area contributed by atoms with E-state index in [1.165, 1.54) is 11.8 Å². The first-order valence-electron chi connectivity index (χ1n) is 5.42. The SMILES string of the molecule is CC(=O)SCC1(n2cncn2)CCNCC1. The van der Waals surface area contributed by atoms with E-state index in [2.05, 4.69) is 15.4 Å². The van der Waals surface area contributed by atoms with Crippen molar-refractivity contribution >= 4 is 16.9 Å². The summed E-state index contributed by atoms with van der Waals surface area (Å²) in [5.41, 5.74) is -0.0436. The molecule has 0 spiro atoms. The second-order valence-corrected chi connectivity index (χ2v) is 5.25. The fourth-order valence-electron chi connectivity index (χ4n) is 2.02. The van der Waals surface area contributed by atoms with Gasteiger partial charge in [0.2, 0.25) is 0 Å². The van der Waals surface area contributed by atoms with Crippen molar-refractivity contribution in [3.05, 3.63) is 12.7 Å². The Hall–Kier alpha value is -0.880. The zero-order valence-electron chi connectivity index (χ0n) is 9.35. The van der Waals surface area contributed by atoms with Gasteiger partial charge in [0.15, 0.2) is 5.12 Å². The first-order chi connectivity index (χ1) is 7.73. The predicted octanol–water partition coefficient (Wildman–Crippen LogP) is 0.636. The van der Waals surface area contributed by atoms with Gasteiger partial charge in [0.05, 0.1) is 5.54 Å². The number of piperidine rings is 1. The molecule has 0 aromatic carbocycles. The minimum Gasteiger partial charge on any atom is -0.317 e. The van der Waals surface area contributed by atoms with Crippen LogP contribution in [0.3, 0.4) is 0 Å². The van der Waals surface area contributed by atoms with E-state index < -0.39 is 0 Å². The van der Waals surface area contributed by atoms with Gasteiger partial charge >= 0.3 is 0 Å². The van der Waals surface area contributed by atoms with Gasteiger partial charge in [-0.25, -0.2) is 9.67 Å². The average molecular weight is 240 g/mol. The molecule has 5 nitrogen and oxygen atoms in total. The van der Waals surface area contributed by atoms with Crippen molar-refractivity contribution in [2.75, 3.05) is 18.8 Å². The van der Waals surface area contributed by atoms with Crippen LogP contribution in [0.25, 0.3) is 0 Å². The quantitative estimate of drug-likeness (QED) is 0.840. The smallest absolute Gasteiger partial charge is 0.185 e. The number of nitrogens with zero attached hydrogens (tertiary/aromatic N) is 3. The standard InChI is InChI=1S/C10H16N4OS/c1-9(15)16-6-10(2-4-11-5-3-10)14-8-12-7-13-14/h7-8,11H,2-6H2,1H3. The molecule has 0 amide bonds. The molecule has 0 radical (unpaired) electrons. The van der Waals surface area contributed by atoms with Gasteiger partial charge in [0, 0.05) is 12.7 Å². The summed E-state index contributed by atoms with van der Waals surface area (Å²) in [7, 11) is 0. The van der Waals surface area contributed by atoms with Crippen LogP contribution in [0.4, 0.5) is 0 Å². The third-order valence-corrected chi connectivity index (χ3v) is 4.07. The van der Waals surface area contributed by atoms with E-state index in [1.54, 1.807) is 19.6 Å². The summed E-state index contributed by atoms with van der Waals surface area (Å²) >= 11 is 1.38. The highest BCUT2D eigenvalue weighted by Crippen LogP contribution is 2.30. The van der Waals surface area contributed by atoms with Crippen LogP contribution < -0.4 is 5.32 Å². The van der Waals surface area contributed by atoms with Gasteiger partial charge in [0.1, 0.15) is 12.7 Å². The summed E-state index contributed by atoms with van der Waals surface area (Å²) in [6.45, 7) is 3.55. The molecule has 1 aromatic rings. The molecule has 1 saturated heterocycles. The van der Waals surface area contributed by atoms with Gasteiger partial charge in [-0.1, -0.05) is 11.8 Å². The second kappa shape index (κ2) is 4.97. The van der Waals surface area contributed by atoms with E-state index in [9.17, 15) is 4.79 Å².